The number of amides is 1. The van der Waals surface area contributed by atoms with Crippen LogP contribution in [-0.2, 0) is 4.74 Å². The molecule has 0 saturated carbocycles. The van der Waals surface area contributed by atoms with Crippen molar-refractivity contribution < 1.29 is 23.6 Å². The summed E-state index contributed by atoms with van der Waals surface area (Å²) in [5.41, 5.74) is -0.345. The Hall–Kier alpha value is -3.29. The summed E-state index contributed by atoms with van der Waals surface area (Å²) in [4.78, 5) is 33.3. The molecule has 0 fully saturated rings. The quantitative estimate of drug-likeness (QED) is 0.531. The largest absolute Gasteiger partial charge is 0.465 e. The molecule has 0 saturated heterocycles. The van der Waals surface area contributed by atoms with Gasteiger partial charge in [-0.25, -0.2) is 4.79 Å². The van der Waals surface area contributed by atoms with Crippen molar-refractivity contribution in [3.8, 4) is 0 Å². The first-order valence-corrected chi connectivity index (χ1v) is 6.36. The first-order chi connectivity index (χ1) is 10.9. The van der Waals surface area contributed by atoms with Crippen LogP contribution in [-0.4, -0.2) is 23.9 Å². The maximum atomic E-state index is 13.3. The lowest BCUT2D eigenvalue weighted by Crippen LogP contribution is -2.13. The molecule has 118 valence electrons. The second kappa shape index (κ2) is 6.65. The summed E-state index contributed by atoms with van der Waals surface area (Å²) in [7, 11) is 1.23. The van der Waals surface area contributed by atoms with Crippen LogP contribution >= 0.6 is 0 Å². The molecule has 2 aromatic carbocycles. The van der Waals surface area contributed by atoms with Crippen molar-refractivity contribution in [3.05, 3.63) is 69.5 Å². The number of esters is 1. The molecule has 8 heteroatoms. The van der Waals surface area contributed by atoms with Crippen LogP contribution in [0.25, 0.3) is 0 Å². The Balaban J connectivity index is 2.24. The van der Waals surface area contributed by atoms with Crippen LogP contribution in [0.2, 0.25) is 0 Å². The van der Waals surface area contributed by atoms with E-state index in [0.717, 1.165) is 18.2 Å². The Morgan fingerprint density at radius 1 is 1.17 bits per heavy atom. The van der Waals surface area contributed by atoms with E-state index in [0.29, 0.717) is 5.69 Å². The molecule has 23 heavy (non-hydrogen) atoms. The van der Waals surface area contributed by atoms with Gasteiger partial charge >= 0.3 is 11.7 Å². The summed E-state index contributed by atoms with van der Waals surface area (Å²) in [6.07, 6.45) is 0. The zero-order valence-electron chi connectivity index (χ0n) is 11.9. The molecule has 0 aliphatic rings. The van der Waals surface area contributed by atoms with Crippen molar-refractivity contribution in [2.24, 2.45) is 0 Å². The van der Waals surface area contributed by atoms with Gasteiger partial charge in [0.1, 0.15) is 0 Å². The van der Waals surface area contributed by atoms with E-state index in [4.69, 9.17) is 0 Å². The lowest BCUT2D eigenvalue weighted by Gasteiger charge is -2.07. The number of carbonyl (C=O) groups is 2. The van der Waals surface area contributed by atoms with Gasteiger partial charge in [-0.15, -0.1) is 0 Å². The van der Waals surface area contributed by atoms with Gasteiger partial charge in [0.25, 0.3) is 5.91 Å². The van der Waals surface area contributed by atoms with Gasteiger partial charge in [0, 0.05) is 17.3 Å². The van der Waals surface area contributed by atoms with Gasteiger partial charge in [-0.2, -0.15) is 4.39 Å². The third-order valence-electron chi connectivity index (χ3n) is 2.95. The molecule has 0 spiro atoms. The summed E-state index contributed by atoms with van der Waals surface area (Å²) in [6.45, 7) is 0. The number of anilines is 1. The number of halogens is 1. The molecular formula is C15H11FN2O5. The molecule has 1 amide bonds. The molecule has 0 bridgehead atoms. The highest BCUT2D eigenvalue weighted by Gasteiger charge is 2.17. The van der Waals surface area contributed by atoms with Gasteiger partial charge in [-0.1, -0.05) is 6.07 Å². The van der Waals surface area contributed by atoms with Crippen LogP contribution in [0.1, 0.15) is 20.7 Å². The van der Waals surface area contributed by atoms with Gasteiger partial charge in [0.15, 0.2) is 0 Å². The number of hydrogen-bond donors (Lipinski definition) is 1. The maximum absolute atomic E-state index is 13.3. The predicted molar refractivity (Wildman–Crippen MR) is 78.8 cm³/mol. The third kappa shape index (κ3) is 3.67. The predicted octanol–water partition coefficient (Wildman–Crippen LogP) is 2.77. The molecular weight excluding hydrogens is 307 g/mol. The van der Waals surface area contributed by atoms with Gasteiger partial charge in [0.2, 0.25) is 5.82 Å². The summed E-state index contributed by atoms with van der Waals surface area (Å²) in [5.74, 6) is -2.27. The molecule has 0 aliphatic carbocycles. The minimum atomic E-state index is -1.03. The lowest BCUT2D eigenvalue weighted by molar-refractivity contribution is -0.387. The minimum Gasteiger partial charge on any atom is -0.465 e. The number of hydrogen-bond acceptors (Lipinski definition) is 5. The third-order valence-corrected chi connectivity index (χ3v) is 2.95. The second-order valence-corrected chi connectivity index (χ2v) is 4.45. The van der Waals surface area contributed by atoms with E-state index in [9.17, 15) is 24.1 Å². The van der Waals surface area contributed by atoms with Crippen molar-refractivity contribution in [2.45, 2.75) is 0 Å². The smallest absolute Gasteiger partial charge is 0.337 e. The number of rotatable bonds is 4. The maximum Gasteiger partial charge on any atom is 0.337 e. The SMILES string of the molecule is COC(=O)c1cccc(NC(=O)c2ccc(F)c([N+](=O)[O-])c2)c1. The van der Waals surface area contributed by atoms with Crippen molar-refractivity contribution >= 4 is 23.3 Å². The number of methoxy groups -OCH3 is 1. The molecule has 2 rings (SSSR count). The fourth-order valence-corrected chi connectivity index (χ4v) is 1.84. The summed E-state index contributed by atoms with van der Waals surface area (Å²) < 4.78 is 17.8. The van der Waals surface area contributed by atoms with E-state index in [1.165, 1.54) is 31.4 Å². The lowest BCUT2D eigenvalue weighted by atomic mass is 10.1. The summed E-state index contributed by atoms with van der Waals surface area (Å²) in [6, 6.07) is 8.78. The zero-order valence-corrected chi connectivity index (χ0v) is 11.9. The van der Waals surface area contributed by atoms with Crippen LogP contribution in [0.3, 0.4) is 0 Å². The molecule has 0 atom stereocenters. The molecule has 7 nitrogen and oxygen atoms in total. The molecule has 2 aromatic rings. The highest BCUT2D eigenvalue weighted by atomic mass is 19.1. The summed E-state index contributed by atoms with van der Waals surface area (Å²) >= 11 is 0. The fraction of sp³-hybridized carbons (Fsp3) is 0.0667. The molecule has 0 aromatic heterocycles. The Labute approximate surface area is 129 Å². The first kappa shape index (κ1) is 16.1. The van der Waals surface area contributed by atoms with Crippen molar-refractivity contribution in [1.82, 2.24) is 0 Å². The van der Waals surface area contributed by atoms with Crippen LogP contribution < -0.4 is 5.32 Å². The van der Waals surface area contributed by atoms with Crippen molar-refractivity contribution in [3.63, 3.8) is 0 Å². The Kier molecular flexibility index (Phi) is 4.65. The van der Waals surface area contributed by atoms with Crippen LogP contribution in [0.5, 0.6) is 0 Å². The molecule has 0 unspecified atom stereocenters. The van der Waals surface area contributed by atoms with Crippen LogP contribution in [0.15, 0.2) is 42.5 Å². The monoisotopic (exact) mass is 318 g/mol. The van der Waals surface area contributed by atoms with Crippen LogP contribution in [0, 0.1) is 15.9 Å². The number of nitrogens with zero attached hydrogens (tertiary/aromatic N) is 1. The number of nitrogens with one attached hydrogen (secondary N) is 1. The van der Waals surface area contributed by atoms with E-state index in [-0.39, 0.29) is 11.1 Å². The van der Waals surface area contributed by atoms with Gasteiger partial charge in [-0.05, 0) is 30.3 Å². The number of carbonyl (C=O) groups excluding carboxylic acids is 2. The van der Waals surface area contributed by atoms with E-state index < -0.39 is 28.3 Å². The molecule has 1 N–H and O–H groups in total. The Bertz CT molecular complexity index is 791. The van der Waals surface area contributed by atoms with Gasteiger partial charge < -0.3 is 10.1 Å². The highest BCUT2D eigenvalue weighted by Crippen LogP contribution is 2.20. The minimum absolute atomic E-state index is 0.0819. The molecule has 0 aliphatic heterocycles. The van der Waals surface area contributed by atoms with Gasteiger partial charge in [-0.3, -0.25) is 14.9 Å². The number of nitro groups is 1. The fourth-order valence-electron chi connectivity index (χ4n) is 1.84. The number of benzene rings is 2. The average molecular weight is 318 g/mol. The summed E-state index contributed by atoms with van der Waals surface area (Å²) in [5, 5.41) is 13.2. The highest BCUT2D eigenvalue weighted by molar-refractivity contribution is 6.05. The molecule has 0 radical (unpaired) electrons. The zero-order chi connectivity index (χ0) is 17.0. The van der Waals surface area contributed by atoms with E-state index in [1.807, 2.05) is 0 Å². The first-order valence-electron chi connectivity index (χ1n) is 6.36. The number of nitro benzene ring substituents is 1. The average Bonchev–Trinajstić information content (AvgIpc) is 2.54. The number of ether oxygens (including phenoxy) is 1. The Morgan fingerprint density at radius 3 is 2.57 bits per heavy atom. The standard InChI is InChI=1S/C15H11FN2O5/c1-23-15(20)10-3-2-4-11(7-10)17-14(19)9-5-6-12(16)13(8-9)18(21)22/h2-8H,1H3,(H,17,19). The Morgan fingerprint density at radius 2 is 1.91 bits per heavy atom. The van der Waals surface area contributed by atoms with Crippen molar-refractivity contribution in [2.75, 3.05) is 12.4 Å². The second-order valence-electron chi connectivity index (χ2n) is 4.45. The van der Waals surface area contributed by atoms with Crippen LogP contribution in [0.4, 0.5) is 15.8 Å². The topological polar surface area (TPSA) is 98.5 Å². The van der Waals surface area contributed by atoms with E-state index in [2.05, 4.69) is 10.1 Å². The van der Waals surface area contributed by atoms with E-state index >= 15 is 0 Å². The van der Waals surface area contributed by atoms with Crippen molar-refractivity contribution in [1.29, 1.82) is 0 Å². The molecule has 0 heterocycles. The van der Waals surface area contributed by atoms with Gasteiger partial charge in [0.05, 0.1) is 17.6 Å². The normalized spacial score (nSPS) is 10.0. The van der Waals surface area contributed by atoms with E-state index in [1.54, 1.807) is 0 Å².